The zero-order valence-corrected chi connectivity index (χ0v) is 11.9. The van der Waals surface area contributed by atoms with Crippen LogP contribution in [0.15, 0.2) is 0 Å². The minimum atomic E-state index is -3.56. The molecule has 0 atom stereocenters. The summed E-state index contributed by atoms with van der Waals surface area (Å²) in [5, 5.41) is 0. The van der Waals surface area contributed by atoms with Gasteiger partial charge in [0.25, 0.3) is 0 Å². The second-order valence-electron chi connectivity index (χ2n) is 5.74. The summed E-state index contributed by atoms with van der Waals surface area (Å²) in [6.45, 7) is 0.900. The molecule has 0 bridgehead atoms. The van der Waals surface area contributed by atoms with Gasteiger partial charge in [0.1, 0.15) is 13.2 Å². The molecule has 0 saturated heterocycles. The Kier molecular flexibility index (Phi) is 5.37. The Hall–Kier alpha value is -0.170. The molecule has 0 aromatic carbocycles. The highest BCUT2D eigenvalue weighted by Gasteiger charge is 2.21. The Labute approximate surface area is 105 Å². The summed E-state index contributed by atoms with van der Waals surface area (Å²) < 4.78 is 31.6. The van der Waals surface area contributed by atoms with Crippen molar-refractivity contribution in [3.8, 4) is 0 Å². The molecule has 1 saturated carbocycles. The second-order valence-corrected chi connectivity index (χ2v) is 7.12. The van der Waals surface area contributed by atoms with E-state index < -0.39 is 10.3 Å². The van der Waals surface area contributed by atoms with Crippen molar-refractivity contribution in [2.75, 3.05) is 34.3 Å². The maximum absolute atomic E-state index is 11.6. The van der Waals surface area contributed by atoms with Gasteiger partial charge in [0, 0.05) is 6.04 Å². The molecule has 0 aliphatic heterocycles. The molecule has 0 aromatic rings. The maximum Gasteiger partial charge on any atom is 0.336 e. The lowest BCUT2D eigenvalue weighted by atomic mass is 9.96. The number of nitrogens with one attached hydrogen (secondary N) is 1. The third-order valence-corrected chi connectivity index (χ3v) is 4.02. The molecule has 102 valence electrons. The van der Waals surface area contributed by atoms with Gasteiger partial charge >= 0.3 is 10.3 Å². The van der Waals surface area contributed by atoms with Crippen molar-refractivity contribution >= 4 is 10.3 Å². The smallest absolute Gasteiger partial charge is 0.329 e. The van der Waals surface area contributed by atoms with Crippen molar-refractivity contribution < 1.29 is 17.1 Å². The van der Waals surface area contributed by atoms with E-state index in [1.165, 1.54) is 6.42 Å². The highest BCUT2D eigenvalue weighted by Crippen LogP contribution is 2.18. The number of quaternary nitrogens is 1. The van der Waals surface area contributed by atoms with Crippen LogP contribution in [0.1, 0.15) is 32.1 Å². The van der Waals surface area contributed by atoms with Gasteiger partial charge in [-0.3, -0.25) is 4.18 Å². The minimum absolute atomic E-state index is 0.0675. The van der Waals surface area contributed by atoms with Gasteiger partial charge in [0.05, 0.1) is 21.1 Å². The molecule has 0 heterocycles. The van der Waals surface area contributed by atoms with Gasteiger partial charge in [-0.15, -0.1) is 0 Å². The fourth-order valence-corrected chi connectivity index (χ4v) is 2.89. The highest BCUT2D eigenvalue weighted by atomic mass is 32.2. The van der Waals surface area contributed by atoms with E-state index in [0.29, 0.717) is 11.0 Å². The number of likely N-dealkylation sites (N-methyl/N-ethyl adjacent to an activating group) is 1. The first-order valence-corrected chi connectivity index (χ1v) is 7.66. The Bertz CT molecular complexity index is 316. The summed E-state index contributed by atoms with van der Waals surface area (Å²) in [4.78, 5) is 0. The topological polar surface area (TPSA) is 55.4 Å². The molecule has 0 radical (unpaired) electrons. The molecule has 0 amide bonds. The van der Waals surface area contributed by atoms with Gasteiger partial charge < -0.3 is 4.48 Å². The molecule has 0 spiro atoms. The number of hydrogen-bond acceptors (Lipinski definition) is 3. The molecule has 1 aliphatic carbocycles. The normalized spacial score (nSPS) is 19.5. The number of rotatable bonds is 6. The zero-order chi connectivity index (χ0) is 12.9. The first-order chi connectivity index (χ1) is 7.79. The van der Waals surface area contributed by atoms with Gasteiger partial charge in [-0.1, -0.05) is 19.3 Å². The molecule has 0 unspecified atom stereocenters. The van der Waals surface area contributed by atoms with Crippen LogP contribution in [0.5, 0.6) is 0 Å². The van der Waals surface area contributed by atoms with Crippen LogP contribution in [0.25, 0.3) is 0 Å². The fourth-order valence-electron chi connectivity index (χ4n) is 1.88. The van der Waals surface area contributed by atoms with Crippen LogP contribution in [-0.2, 0) is 14.5 Å². The van der Waals surface area contributed by atoms with Gasteiger partial charge in [-0.25, -0.2) is 0 Å². The van der Waals surface area contributed by atoms with Gasteiger partial charge in [0.15, 0.2) is 0 Å². The van der Waals surface area contributed by atoms with Crippen molar-refractivity contribution in [1.29, 1.82) is 0 Å². The summed E-state index contributed by atoms with van der Waals surface area (Å²) in [6.07, 6.45) is 5.27. The van der Waals surface area contributed by atoms with Crippen molar-refractivity contribution in [3.63, 3.8) is 0 Å². The van der Waals surface area contributed by atoms with E-state index >= 15 is 0 Å². The standard InChI is InChI=1S/C11H25N2O3S/c1-13(2,3)9-10-16-17(14,15)12-11-7-5-4-6-8-11/h11-12H,4-10H2,1-3H3/q+1. The van der Waals surface area contributed by atoms with E-state index in [1.54, 1.807) is 0 Å². The third-order valence-electron chi connectivity index (χ3n) is 2.92. The van der Waals surface area contributed by atoms with E-state index in [-0.39, 0.29) is 12.6 Å². The molecule has 1 aliphatic rings. The summed E-state index contributed by atoms with van der Waals surface area (Å²) >= 11 is 0. The Morgan fingerprint density at radius 3 is 2.29 bits per heavy atom. The van der Waals surface area contributed by atoms with Crippen LogP contribution in [0, 0.1) is 0 Å². The van der Waals surface area contributed by atoms with Crippen LogP contribution < -0.4 is 4.72 Å². The van der Waals surface area contributed by atoms with Gasteiger partial charge in [-0.05, 0) is 12.8 Å². The lowest BCUT2D eigenvalue weighted by Crippen LogP contribution is -2.41. The van der Waals surface area contributed by atoms with E-state index in [0.717, 1.165) is 25.7 Å². The molecule has 5 nitrogen and oxygen atoms in total. The van der Waals surface area contributed by atoms with Crippen molar-refractivity contribution in [2.24, 2.45) is 0 Å². The quantitative estimate of drug-likeness (QED) is 0.725. The molecule has 6 heteroatoms. The van der Waals surface area contributed by atoms with Crippen LogP contribution >= 0.6 is 0 Å². The highest BCUT2D eigenvalue weighted by molar-refractivity contribution is 7.84. The Morgan fingerprint density at radius 2 is 1.76 bits per heavy atom. The maximum atomic E-state index is 11.6. The van der Waals surface area contributed by atoms with Gasteiger partial charge in [-0.2, -0.15) is 13.1 Å². The average Bonchev–Trinajstić information content (AvgIpc) is 2.15. The molecule has 0 aromatic heterocycles. The predicted molar refractivity (Wildman–Crippen MR) is 67.8 cm³/mol. The predicted octanol–water partition coefficient (Wildman–Crippen LogP) is 0.876. The largest absolute Gasteiger partial charge is 0.336 e. The third kappa shape index (κ3) is 6.98. The van der Waals surface area contributed by atoms with E-state index in [1.807, 2.05) is 21.1 Å². The molecule has 1 rings (SSSR count). The van der Waals surface area contributed by atoms with Crippen molar-refractivity contribution in [1.82, 2.24) is 4.72 Å². The molecule has 17 heavy (non-hydrogen) atoms. The van der Waals surface area contributed by atoms with E-state index in [9.17, 15) is 8.42 Å². The van der Waals surface area contributed by atoms with Crippen LogP contribution in [0.2, 0.25) is 0 Å². The SMILES string of the molecule is C[N+](C)(C)CCOS(=O)(=O)NC1CCCCC1. The fraction of sp³-hybridized carbons (Fsp3) is 1.00. The summed E-state index contributed by atoms with van der Waals surface area (Å²) in [5.41, 5.74) is 0. The summed E-state index contributed by atoms with van der Waals surface area (Å²) in [7, 11) is 2.45. The lowest BCUT2D eigenvalue weighted by molar-refractivity contribution is -0.870. The Balaban J connectivity index is 2.30. The van der Waals surface area contributed by atoms with Crippen LogP contribution in [0.4, 0.5) is 0 Å². The van der Waals surface area contributed by atoms with Crippen molar-refractivity contribution in [2.45, 2.75) is 38.1 Å². The lowest BCUT2D eigenvalue weighted by Gasteiger charge is -2.24. The molecular formula is C11H25N2O3S+. The number of nitrogens with zero attached hydrogens (tertiary/aromatic N) is 1. The average molecular weight is 265 g/mol. The van der Waals surface area contributed by atoms with Crippen LogP contribution in [0.3, 0.4) is 0 Å². The van der Waals surface area contributed by atoms with Gasteiger partial charge in [0.2, 0.25) is 0 Å². The van der Waals surface area contributed by atoms with Crippen molar-refractivity contribution in [3.05, 3.63) is 0 Å². The molecule has 1 fully saturated rings. The van der Waals surface area contributed by atoms with E-state index in [4.69, 9.17) is 4.18 Å². The first-order valence-electron chi connectivity index (χ1n) is 6.26. The zero-order valence-electron chi connectivity index (χ0n) is 11.1. The van der Waals surface area contributed by atoms with Crippen LogP contribution in [-0.4, -0.2) is 53.2 Å². The van der Waals surface area contributed by atoms with E-state index in [2.05, 4.69) is 4.72 Å². The number of hydrogen-bond donors (Lipinski definition) is 1. The first kappa shape index (κ1) is 14.9. The Morgan fingerprint density at radius 1 is 1.18 bits per heavy atom. The second kappa shape index (κ2) is 6.13. The minimum Gasteiger partial charge on any atom is -0.329 e. The summed E-state index contributed by atoms with van der Waals surface area (Å²) in [6, 6.07) is 0.0675. The monoisotopic (exact) mass is 265 g/mol. The summed E-state index contributed by atoms with van der Waals surface area (Å²) in [5.74, 6) is 0. The molecular weight excluding hydrogens is 240 g/mol. The molecule has 1 N–H and O–H groups in total.